The van der Waals surface area contributed by atoms with E-state index >= 15 is 0 Å². The summed E-state index contributed by atoms with van der Waals surface area (Å²) >= 11 is 0. The molecule has 184 valence electrons. The second kappa shape index (κ2) is 11.9. The summed E-state index contributed by atoms with van der Waals surface area (Å²) in [6, 6.07) is 0.224. The van der Waals surface area contributed by atoms with Crippen LogP contribution in [0.15, 0.2) is 0 Å². The number of hydrogen-bond donors (Lipinski definition) is 2. The van der Waals surface area contributed by atoms with Crippen LogP contribution in [0.1, 0.15) is 130 Å². The lowest BCUT2D eigenvalue weighted by Gasteiger charge is -2.47. The van der Waals surface area contributed by atoms with Crippen LogP contribution in [0.3, 0.4) is 0 Å². The summed E-state index contributed by atoms with van der Waals surface area (Å²) in [4.78, 5) is 25.2. The van der Waals surface area contributed by atoms with E-state index in [4.69, 9.17) is 0 Å². The zero-order chi connectivity index (χ0) is 23.0. The van der Waals surface area contributed by atoms with Crippen molar-refractivity contribution in [2.45, 2.75) is 136 Å². The number of nitrogens with one attached hydrogen (secondary N) is 2. The first-order valence-electron chi connectivity index (χ1n) is 13.8. The Morgan fingerprint density at radius 3 is 1.84 bits per heavy atom. The minimum atomic E-state index is 0.0452. The van der Waals surface area contributed by atoms with Gasteiger partial charge in [-0.1, -0.05) is 85.0 Å². The predicted octanol–water partition coefficient (Wildman–Crippen LogP) is 6.52. The van der Waals surface area contributed by atoms with E-state index in [1.54, 1.807) is 0 Å². The lowest BCUT2D eigenvalue weighted by molar-refractivity contribution is -0.124. The summed E-state index contributed by atoms with van der Waals surface area (Å²) in [6.45, 7) is 7.66. The summed E-state index contributed by atoms with van der Waals surface area (Å²) < 4.78 is 0. The van der Waals surface area contributed by atoms with Gasteiger partial charge in [0, 0.05) is 25.4 Å². The Labute approximate surface area is 197 Å². The van der Waals surface area contributed by atoms with Crippen LogP contribution < -0.4 is 10.6 Å². The van der Waals surface area contributed by atoms with E-state index in [1.165, 1.54) is 64.2 Å². The maximum atomic E-state index is 12.7. The second-order valence-electron chi connectivity index (χ2n) is 12.7. The Morgan fingerprint density at radius 1 is 0.750 bits per heavy atom. The highest BCUT2D eigenvalue weighted by Gasteiger charge is 2.41. The van der Waals surface area contributed by atoms with Gasteiger partial charge < -0.3 is 10.6 Å². The quantitative estimate of drug-likeness (QED) is 0.423. The molecule has 0 heterocycles. The average molecular weight is 447 g/mol. The third kappa shape index (κ3) is 8.71. The van der Waals surface area contributed by atoms with Crippen LogP contribution in [0.4, 0.5) is 0 Å². The molecular formula is C28H50N2O2. The van der Waals surface area contributed by atoms with Crippen molar-refractivity contribution in [3.05, 3.63) is 0 Å². The van der Waals surface area contributed by atoms with Gasteiger partial charge in [0.15, 0.2) is 0 Å². The van der Waals surface area contributed by atoms with E-state index in [9.17, 15) is 9.59 Å². The fourth-order valence-electron chi connectivity index (χ4n) is 7.19. The molecule has 0 aliphatic heterocycles. The Balaban J connectivity index is 1.42. The SMILES string of the molecule is CC1(C)CC(NC(=O)CCC2CCCCC2)CC(C)(CNC(=O)CCC2CCCCC2)C1. The summed E-state index contributed by atoms with van der Waals surface area (Å²) in [7, 11) is 0. The number of rotatable bonds is 9. The third-order valence-corrected chi connectivity index (χ3v) is 8.53. The first kappa shape index (κ1) is 25.6. The normalized spacial score (nSPS) is 29.4. The highest BCUT2D eigenvalue weighted by atomic mass is 16.2. The van der Waals surface area contributed by atoms with Crippen LogP contribution in [0.5, 0.6) is 0 Å². The van der Waals surface area contributed by atoms with Crippen LogP contribution in [0, 0.1) is 22.7 Å². The highest BCUT2D eigenvalue weighted by Crippen LogP contribution is 2.46. The molecule has 3 fully saturated rings. The van der Waals surface area contributed by atoms with Crippen molar-refractivity contribution in [3.8, 4) is 0 Å². The molecule has 4 heteroatoms. The molecule has 0 aromatic heterocycles. The van der Waals surface area contributed by atoms with Gasteiger partial charge in [-0.3, -0.25) is 9.59 Å². The number of hydrogen-bond acceptors (Lipinski definition) is 2. The van der Waals surface area contributed by atoms with Gasteiger partial charge in [0.05, 0.1) is 0 Å². The smallest absolute Gasteiger partial charge is 0.220 e. The van der Waals surface area contributed by atoms with Crippen LogP contribution >= 0.6 is 0 Å². The molecule has 0 aromatic rings. The molecule has 0 radical (unpaired) electrons. The zero-order valence-corrected chi connectivity index (χ0v) is 21.3. The van der Waals surface area contributed by atoms with Crippen molar-refractivity contribution in [1.82, 2.24) is 10.6 Å². The van der Waals surface area contributed by atoms with Crippen molar-refractivity contribution in [1.29, 1.82) is 0 Å². The first-order valence-corrected chi connectivity index (χ1v) is 13.8. The monoisotopic (exact) mass is 446 g/mol. The molecule has 3 saturated carbocycles. The number of amides is 2. The summed E-state index contributed by atoms with van der Waals surface area (Å²) in [5, 5.41) is 6.63. The van der Waals surface area contributed by atoms with Gasteiger partial charge in [0.25, 0.3) is 0 Å². The van der Waals surface area contributed by atoms with Crippen molar-refractivity contribution >= 4 is 11.8 Å². The van der Waals surface area contributed by atoms with E-state index in [2.05, 4.69) is 31.4 Å². The lowest BCUT2D eigenvalue weighted by Crippen LogP contribution is -2.50. The highest BCUT2D eigenvalue weighted by molar-refractivity contribution is 5.76. The van der Waals surface area contributed by atoms with Gasteiger partial charge in [-0.15, -0.1) is 0 Å². The van der Waals surface area contributed by atoms with Crippen LogP contribution in [-0.2, 0) is 9.59 Å². The fraction of sp³-hybridized carbons (Fsp3) is 0.929. The van der Waals surface area contributed by atoms with Crippen molar-refractivity contribution in [3.63, 3.8) is 0 Å². The fourth-order valence-corrected chi connectivity index (χ4v) is 7.19. The van der Waals surface area contributed by atoms with Crippen molar-refractivity contribution in [2.75, 3.05) is 6.54 Å². The third-order valence-electron chi connectivity index (χ3n) is 8.53. The average Bonchev–Trinajstić information content (AvgIpc) is 2.75. The van der Waals surface area contributed by atoms with Gasteiger partial charge >= 0.3 is 0 Å². The molecule has 3 aliphatic rings. The van der Waals surface area contributed by atoms with Crippen molar-refractivity contribution in [2.24, 2.45) is 22.7 Å². The topological polar surface area (TPSA) is 58.2 Å². The molecule has 2 amide bonds. The van der Waals surface area contributed by atoms with E-state index in [0.29, 0.717) is 12.8 Å². The minimum absolute atomic E-state index is 0.0452. The molecule has 32 heavy (non-hydrogen) atoms. The minimum Gasteiger partial charge on any atom is -0.356 e. The molecule has 0 aromatic carbocycles. The van der Waals surface area contributed by atoms with E-state index in [1.807, 2.05) is 0 Å². The molecule has 4 nitrogen and oxygen atoms in total. The molecule has 0 saturated heterocycles. The van der Waals surface area contributed by atoms with E-state index in [0.717, 1.165) is 50.5 Å². The maximum absolute atomic E-state index is 12.7. The van der Waals surface area contributed by atoms with Gasteiger partial charge in [-0.05, 0) is 54.8 Å². The van der Waals surface area contributed by atoms with Gasteiger partial charge in [0.1, 0.15) is 0 Å². The summed E-state index contributed by atoms with van der Waals surface area (Å²) in [6.07, 6.45) is 19.9. The van der Waals surface area contributed by atoms with Gasteiger partial charge in [-0.2, -0.15) is 0 Å². The maximum Gasteiger partial charge on any atom is 0.220 e. The second-order valence-corrected chi connectivity index (χ2v) is 12.7. The number of carbonyl (C=O) groups is 2. The zero-order valence-electron chi connectivity index (χ0n) is 21.3. The standard InChI is InChI=1S/C28H50N2O2/c1-27(2)18-24(30-26(32)17-15-23-12-8-5-9-13-23)19-28(3,20-27)21-29-25(31)16-14-22-10-6-4-7-11-22/h22-24H,4-21H2,1-3H3,(H,29,31)(H,30,32). The van der Waals surface area contributed by atoms with Crippen LogP contribution in [0.2, 0.25) is 0 Å². The molecular weight excluding hydrogens is 396 g/mol. The van der Waals surface area contributed by atoms with Crippen LogP contribution in [-0.4, -0.2) is 24.4 Å². The Bertz CT molecular complexity index is 605. The predicted molar refractivity (Wildman–Crippen MR) is 132 cm³/mol. The molecule has 2 N–H and O–H groups in total. The molecule has 2 atom stereocenters. The number of carbonyl (C=O) groups excluding carboxylic acids is 2. The Hall–Kier alpha value is -1.06. The largest absolute Gasteiger partial charge is 0.356 e. The molecule has 0 bridgehead atoms. The van der Waals surface area contributed by atoms with E-state index in [-0.39, 0.29) is 28.7 Å². The first-order chi connectivity index (χ1) is 15.2. The van der Waals surface area contributed by atoms with Crippen molar-refractivity contribution < 1.29 is 9.59 Å². The van der Waals surface area contributed by atoms with Gasteiger partial charge in [-0.25, -0.2) is 0 Å². The molecule has 0 spiro atoms. The lowest BCUT2D eigenvalue weighted by atomic mass is 9.62. The summed E-state index contributed by atoms with van der Waals surface area (Å²) in [5.74, 6) is 1.96. The van der Waals surface area contributed by atoms with E-state index < -0.39 is 0 Å². The van der Waals surface area contributed by atoms with Crippen LogP contribution in [0.25, 0.3) is 0 Å². The van der Waals surface area contributed by atoms with Gasteiger partial charge in [0.2, 0.25) is 11.8 Å². The summed E-state index contributed by atoms with van der Waals surface area (Å²) in [5.41, 5.74) is 0.227. The molecule has 3 aliphatic carbocycles. The Kier molecular flexibility index (Phi) is 9.49. The Morgan fingerprint density at radius 2 is 1.28 bits per heavy atom. The molecule has 2 unspecified atom stereocenters. The molecule has 3 rings (SSSR count).